The van der Waals surface area contributed by atoms with Crippen LogP contribution >= 0.6 is 0 Å². The zero-order chi connectivity index (χ0) is 14.6. The number of nitriles is 1. The van der Waals surface area contributed by atoms with Gasteiger partial charge in [0.2, 0.25) is 0 Å². The summed E-state index contributed by atoms with van der Waals surface area (Å²) in [6.07, 6.45) is 0. The molecule has 0 fully saturated rings. The van der Waals surface area contributed by atoms with E-state index in [2.05, 4.69) is 5.32 Å². The third-order valence-corrected chi connectivity index (χ3v) is 3.34. The number of halogens is 2. The zero-order valence-electron chi connectivity index (χ0n) is 11.7. The maximum Gasteiger partial charge on any atom is 0.131 e. The van der Waals surface area contributed by atoms with Gasteiger partial charge >= 0.3 is 0 Å². The van der Waals surface area contributed by atoms with Crippen LogP contribution in [0.15, 0.2) is 12.1 Å². The predicted octanol–water partition coefficient (Wildman–Crippen LogP) is 2.27. The quantitative estimate of drug-likeness (QED) is 0.889. The molecule has 0 aliphatic heterocycles. The van der Waals surface area contributed by atoms with Crippen LogP contribution in [0.25, 0.3) is 0 Å². The lowest BCUT2D eigenvalue weighted by atomic mass is 10.0. The molecule has 19 heavy (non-hydrogen) atoms. The van der Waals surface area contributed by atoms with Crippen LogP contribution in [0.2, 0.25) is 0 Å². The summed E-state index contributed by atoms with van der Waals surface area (Å²) in [6.45, 7) is 4.76. The summed E-state index contributed by atoms with van der Waals surface area (Å²) in [5.74, 6) is -1.38. The van der Waals surface area contributed by atoms with Gasteiger partial charge in [-0.1, -0.05) is 0 Å². The van der Waals surface area contributed by atoms with Gasteiger partial charge in [-0.2, -0.15) is 5.26 Å². The number of benzene rings is 1. The van der Waals surface area contributed by atoms with Crippen molar-refractivity contribution in [3.05, 3.63) is 34.9 Å². The highest BCUT2D eigenvalue weighted by Crippen LogP contribution is 2.15. The molecule has 3 nitrogen and oxygen atoms in total. The Morgan fingerprint density at radius 1 is 1.26 bits per heavy atom. The number of likely N-dealkylation sites (N-methyl/N-ethyl adjacent to an activating group) is 1. The summed E-state index contributed by atoms with van der Waals surface area (Å²) in [7, 11) is 3.90. The molecule has 5 heteroatoms. The van der Waals surface area contributed by atoms with Gasteiger partial charge in [0.05, 0.1) is 11.6 Å². The molecule has 0 radical (unpaired) electrons. The maximum absolute atomic E-state index is 13.6. The van der Waals surface area contributed by atoms with E-state index in [0.717, 1.165) is 12.1 Å². The van der Waals surface area contributed by atoms with Crippen LogP contribution in [-0.2, 0) is 6.54 Å². The van der Waals surface area contributed by atoms with Gasteiger partial charge in [-0.25, -0.2) is 8.78 Å². The Kier molecular flexibility index (Phi) is 4.98. The van der Waals surface area contributed by atoms with Crippen LogP contribution in [-0.4, -0.2) is 31.1 Å². The van der Waals surface area contributed by atoms with Crippen molar-refractivity contribution in [3.63, 3.8) is 0 Å². The minimum Gasteiger partial charge on any atom is -0.311 e. The summed E-state index contributed by atoms with van der Waals surface area (Å²) in [6, 6.07) is 3.83. The minimum absolute atomic E-state index is 0.00706. The van der Waals surface area contributed by atoms with Gasteiger partial charge in [0, 0.05) is 24.2 Å². The van der Waals surface area contributed by atoms with Crippen molar-refractivity contribution in [2.75, 3.05) is 20.6 Å². The van der Waals surface area contributed by atoms with Crippen molar-refractivity contribution in [3.8, 4) is 6.07 Å². The third kappa shape index (κ3) is 3.98. The first-order valence-electron chi connectivity index (χ1n) is 6.04. The Balaban J connectivity index is 2.72. The van der Waals surface area contributed by atoms with E-state index >= 15 is 0 Å². The molecular formula is C14H19F2N3. The minimum atomic E-state index is -0.688. The van der Waals surface area contributed by atoms with Crippen molar-refractivity contribution in [2.45, 2.75) is 25.9 Å². The average molecular weight is 267 g/mol. The second-order valence-electron chi connectivity index (χ2n) is 5.34. The Bertz CT molecular complexity index is 467. The maximum atomic E-state index is 13.6. The van der Waals surface area contributed by atoms with Gasteiger partial charge in [0.1, 0.15) is 11.6 Å². The molecular weight excluding hydrogens is 248 g/mol. The molecule has 0 spiro atoms. The summed E-state index contributed by atoms with van der Waals surface area (Å²) in [4.78, 5) is 2.03. The van der Waals surface area contributed by atoms with Crippen molar-refractivity contribution in [2.24, 2.45) is 0 Å². The van der Waals surface area contributed by atoms with Gasteiger partial charge in [0.25, 0.3) is 0 Å². The molecule has 1 N–H and O–H groups in total. The second kappa shape index (κ2) is 6.09. The molecule has 104 valence electrons. The van der Waals surface area contributed by atoms with E-state index in [4.69, 9.17) is 5.26 Å². The van der Waals surface area contributed by atoms with Crippen LogP contribution in [0.3, 0.4) is 0 Å². The van der Waals surface area contributed by atoms with Crippen LogP contribution in [0.5, 0.6) is 0 Å². The SMILES string of the molecule is CN(C)C(C)(C)CNCc1c(F)cc(C#N)cc1F. The molecule has 0 saturated heterocycles. The summed E-state index contributed by atoms with van der Waals surface area (Å²) < 4.78 is 27.3. The molecule has 0 atom stereocenters. The number of rotatable bonds is 5. The van der Waals surface area contributed by atoms with Gasteiger partial charge in [0.15, 0.2) is 0 Å². The van der Waals surface area contributed by atoms with Gasteiger partial charge < -0.3 is 10.2 Å². The monoisotopic (exact) mass is 267 g/mol. The molecule has 1 aromatic carbocycles. The highest BCUT2D eigenvalue weighted by molar-refractivity contribution is 5.34. The third-order valence-electron chi connectivity index (χ3n) is 3.34. The smallest absolute Gasteiger partial charge is 0.131 e. The zero-order valence-corrected chi connectivity index (χ0v) is 11.7. The van der Waals surface area contributed by atoms with E-state index in [9.17, 15) is 8.78 Å². The first kappa shape index (κ1) is 15.5. The highest BCUT2D eigenvalue weighted by atomic mass is 19.1. The Morgan fingerprint density at radius 2 is 1.79 bits per heavy atom. The first-order valence-corrected chi connectivity index (χ1v) is 6.04. The molecule has 0 aromatic heterocycles. The van der Waals surface area contributed by atoms with E-state index in [1.165, 1.54) is 0 Å². The van der Waals surface area contributed by atoms with Crippen LogP contribution < -0.4 is 5.32 Å². The topological polar surface area (TPSA) is 39.1 Å². The van der Waals surface area contributed by atoms with Gasteiger partial charge in [-0.15, -0.1) is 0 Å². The van der Waals surface area contributed by atoms with Crippen molar-refractivity contribution in [1.29, 1.82) is 5.26 Å². The van der Waals surface area contributed by atoms with Gasteiger partial charge in [-0.05, 0) is 40.1 Å². The van der Waals surface area contributed by atoms with E-state index < -0.39 is 11.6 Å². The molecule has 1 rings (SSSR count). The Hall–Kier alpha value is -1.51. The second-order valence-corrected chi connectivity index (χ2v) is 5.34. The number of hydrogen-bond acceptors (Lipinski definition) is 3. The molecule has 0 heterocycles. The van der Waals surface area contributed by atoms with Crippen LogP contribution in [0.4, 0.5) is 8.78 Å². The lowest BCUT2D eigenvalue weighted by Gasteiger charge is -2.32. The van der Waals surface area contributed by atoms with Crippen molar-refractivity contribution >= 4 is 0 Å². The van der Waals surface area contributed by atoms with Crippen molar-refractivity contribution < 1.29 is 8.78 Å². The van der Waals surface area contributed by atoms with E-state index in [0.29, 0.717) is 6.54 Å². The average Bonchev–Trinajstić information content (AvgIpc) is 2.32. The molecule has 0 saturated carbocycles. The molecule has 0 bridgehead atoms. The standard InChI is InChI=1S/C14H19F2N3/c1-14(2,19(3)4)9-18-8-11-12(15)5-10(7-17)6-13(11)16/h5-6,18H,8-9H2,1-4H3. The van der Waals surface area contributed by atoms with Crippen molar-refractivity contribution in [1.82, 2.24) is 10.2 Å². The molecule has 0 amide bonds. The molecule has 0 aliphatic rings. The van der Waals surface area contributed by atoms with E-state index in [-0.39, 0.29) is 23.2 Å². The number of nitrogens with one attached hydrogen (secondary N) is 1. The van der Waals surface area contributed by atoms with E-state index in [1.54, 1.807) is 6.07 Å². The number of hydrogen-bond donors (Lipinski definition) is 1. The first-order chi connectivity index (χ1) is 8.77. The molecule has 0 aliphatic carbocycles. The van der Waals surface area contributed by atoms with E-state index in [1.807, 2.05) is 32.8 Å². The summed E-state index contributed by atoms with van der Waals surface area (Å²) >= 11 is 0. The summed E-state index contributed by atoms with van der Waals surface area (Å²) in [5.41, 5.74) is -0.152. The molecule has 0 unspecified atom stereocenters. The molecule has 1 aromatic rings. The fraction of sp³-hybridized carbons (Fsp3) is 0.500. The van der Waals surface area contributed by atoms with Crippen LogP contribution in [0.1, 0.15) is 25.0 Å². The number of nitrogens with zero attached hydrogens (tertiary/aromatic N) is 2. The summed E-state index contributed by atoms with van der Waals surface area (Å²) in [5, 5.41) is 11.7. The fourth-order valence-electron chi connectivity index (χ4n) is 1.49. The van der Waals surface area contributed by atoms with Gasteiger partial charge in [-0.3, -0.25) is 0 Å². The normalized spacial score (nSPS) is 11.7. The fourth-order valence-corrected chi connectivity index (χ4v) is 1.49. The largest absolute Gasteiger partial charge is 0.311 e. The predicted molar refractivity (Wildman–Crippen MR) is 70.5 cm³/mol. The Morgan fingerprint density at radius 3 is 2.21 bits per heavy atom. The van der Waals surface area contributed by atoms with Crippen LogP contribution in [0, 0.1) is 23.0 Å². The lowest BCUT2D eigenvalue weighted by Crippen LogP contribution is -2.46. The lowest BCUT2D eigenvalue weighted by molar-refractivity contribution is 0.189. The highest BCUT2D eigenvalue weighted by Gasteiger charge is 2.20. The Labute approximate surface area is 112 Å².